The van der Waals surface area contributed by atoms with E-state index >= 15 is 0 Å². The standard InChI is InChI=1S/C17H22N2O4/c1-12-11-18(8-9-19(12)15-7-10-23-17(15)21)14-5-3-13(4-6-14)16(20)22-2/h3-6,12,15H,7-11H2,1-2H3/t12-,15+/m1/s1. The Morgan fingerprint density at radius 1 is 1.26 bits per heavy atom. The van der Waals surface area contributed by atoms with Crippen LogP contribution in [-0.4, -0.2) is 62.3 Å². The number of carbonyl (C=O) groups excluding carboxylic acids is 2. The highest BCUT2D eigenvalue weighted by atomic mass is 16.5. The summed E-state index contributed by atoms with van der Waals surface area (Å²) in [6.45, 7) is 5.21. The molecule has 2 saturated heterocycles. The number of cyclic esters (lactones) is 1. The number of ether oxygens (including phenoxy) is 2. The Morgan fingerprint density at radius 2 is 2.00 bits per heavy atom. The molecule has 0 unspecified atom stereocenters. The zero-order valence-corrected chi connectivity index (χ0v) is 13.5. The van der Waals surface area contributed by atoms with Crippen molar-refractivity contribution in [1.82, 2.24) is 4.90 Å². The molecule has 2 fully saturated rings. The minimum atomic E-state index is -0.325. The van der Waals surface area contributed by atoms with Gasteiger partial charge >= 0.3 is 11.9 Å². The molecule has 23 heavy (non-hydrogen) atoms. The lowest BCUT2D eigenvalue weighted by molar-refractivity contribution is -0.143. The fourth-order valence-electron chi connectivity index (χ4n) is 3.38. The largest absolute Gasteiger partial charge is 0.465 e. The first kappa shape index (κ1) is 15.8. The van der Waals surface area contributed by atoms with Gasteiger partial charge in [-0.2, -0.15) is 0 Å². The number of rotatable bonds is 3. The summed E-state index contributed by atoms with van der Waals surface area (Å²) in [5.74, 6) is -0.415. The molecule has 2 aliphatic heterocycles. The van der Waals surface area contributed by atoms with Crippen molar-refractivity contribution in [2.45, 2.75) is 25.4 Å². The van der Waals surface area contributed by atoms with Gasteiger partial charge in [-0.1, -0.05) is 0 Å². The van der Waals surface area contributed by atoms with Gasteiger partial charge in [0.05, 0.1) is 19.3 Å². The smallest absolute Gasteiger partial charge is 0.337 e. The van der Waals surface area contributed by atoms with Gasteiger partial charge in [0, 0.05) is 37.8 Å². The van der Waals surface area contributed by atoms with Gasteiger partial charge in [0.15, 0.2) is 0 Å². The van der Waals surface area contributed by atoms with Gasteiger partial charge in [-0.25, -0.2) is 4.79 Å². The third-order valence-corrected chi connectivity index (χ3v) is 4.64. The molecule has 1 aromatic rings. The first-order chi connectivity index (χ1) is 11.1. The highest BCUT2D eigenvalue weighted by molar-refractivity contribution is 5.89. The van der Waals surface area contributed by atoms with Crippen LogP contribution in [0.5, 0.6) is 0 Å². The number of methoxy groups -OCH3 is 1. The quantitative estimate of drug-likeness (QED) is 0.783. The molecule has 0 aromatic heterocycles. The van der Waals surface area contributed by atoms with Crippen molar-refractivity contribution in [3.63, 3.8) is 0 Å². The Balaban J connectivity index is 1.65. The summed E-state index contributed by atoms with van der Waals surface area (Å²) in [5, 5.41) is 0. The summed E-state index contributed by atoms with van der Waals surface area (Å²) in [5.41, 5.74) is 1.63. The zero-order valence-electron chi connectivity index (χ0n) is 13.5. The van der Waals surface area contributed by atoms with Crippen molar-refractivity contribution in [1.29, 1.82) is 0 Å². The number of hydrogen-bond acceptors (Lipinski definition) is 6. The first-order valence-electron chi connectivity index (χ1n) is 7.96. The first-order valence-corrected chi connectivity index (χ1v) is 7.96. The summed E-state index contributed by atoms with van der Waals surface area (Å²) >= 11 is 0. The van der Waals surface area contributed by atoms with Gasteiger partial charge < -0.3 is 14.4 Å². The molecule has 124 valence electrons. The molecule has 0 amide bonds. The average molecular weight is 318 g/mol. The molecule has 0 bridgehead atoms. The van der Waals surface area contributed by atoms with E-state index in [1.54, 1.807) is 12.1 Å². The molecule has 3 rings (SSSR count). The fraction of sp³-hybridized carbons (Fsp3) is 0.529. The van der Waals surface area contributed by atoms with Crippen molar-refractivity contribution in [3.8, 4) is 0 Å². The van der Waals surface area contributed by atoms with Gasteiger partial charge in [0.1, 0.15) is 6.04 Å². The zero-order chi connectivity index (χ0) is 16.4. The van der Waals surface area contributed by atoms with Gasteiger partial charge in [0.25, 0.3) is 0 Å². The fourth-order valence-corrected chi connectivity index (χ4v) is 3.38. The predicted octanol–water partition coefficient (Wildman–Crippen LogP) is 1.30. The average Bonchev–Trinajstić information content (AvgIpc) is 3.00. The molecule has 2 aliphatic rings. The van der Waals surface area contributed by atoms with Crippen LogP contribution in [0.4, 0.5) is 5.69 Å². The van der Waals surface area contributed by atoms with E-state index in [0.717, 1.165) is 31.7 Å². The van der Waals surface area contributed by atoms with E-state index in [2.05, 4.69) is 16.7 Å². The number of hydrogen-bond donors (Lipinski definition) is 0. The highest BCUT2D eigenvalue weighted by Crippen LogP contribution is 2.24. The maximum atomic E-state index is 11.8. The normalized spacial score (nSPS) is 25.3. The Hall–Kier alpha value is -2.08. The molecule has 0 spiro atoms. The molecule has 0 radical (unpaired) electrons. The molecular weight excluding hydrogens is 296 g/mol. The summed E-state index contributed by atoms with van der Waals surface area (Å²) < 4.78 is 9.80. The van der Waals surface area contributed by atoms with E-state index in [0.29, 0.717) is 12.2 Å². The van der Waals surface area contributed by atoms with Crippen LogP contribution in [-0.2, 0) is 14.3 Å². The Bertz CT molecular complexity index is 587. The maximum Gasteiger partial charge on any atom is 0.337 e. The van der Waals surface area contributed by atoms with E-state index in [1.807, 2.05) is 12.1 Å². The van der Waals surface area contributed by atoms with E-state index in [9.17, 15) is 9.59 Å². The minimum Gasteiger partial charge on any atom is -0.465 e. The minimum absolute atomic E-state index is 0.0890. The lowest BCUT2D eigenvalue weighted by atomic mass is 10.1. The van der Waals surface area contributed by atoms with Crippen LogP contribution in [0.2, 0.25) is 0 Å². The number of esters is 2. The highest BCUT2D eigenvalue weighted by Gasteiger charge is 2.37. The third-order valence-electron chi connectivity index (χ3n) is 4.64. The van der Waals surface area contributed by atoms with Gasteiger partial charge in [-0.15, -0.1) is 0 Å². The van der Waals surface area contributed by atoms with Crippen molar-refractivity contribution in [3.05, 3.63) is 29.8 Å². The number of nitrogens with zero attached hydrogens (tertiary/aromatic N) is 2. The summed E-state index contributed by atoms with van der Waals surface area (Å²) in [7, 11) is 1.38. The summed E-state index contributed by atoms with van der Waals surface area (Å²) in [6.07, 6.45) is 0.789. The second-order valence-electron chi connectivity index (χ2n) is 6.04. The molecule has 0 saturated carbocycles. The van der Waals surface area contributed by atoms with Crippen LogP contribution in [0.25, 0.3) is 0 Å². The Morgan fingerprint density at radius 3 is 2.57 bits per heavy atom. The maximum absolute atomic E-state index is 11.8. The molecular formula is C17H22N2O4. The predicted molar refractivity (Wildman–Crippen MR) is 85.5 cm³/mol. The molecule has 6 nitrogen and oxygen atoms in total. The van der Waals surface area contributed by atoms with Crippen molar-refractivity contribution >= 4 is 17.6 Å². The van der Waals surface area contributed by atoms with Crippen LogP contribution in [0, 0.1) is 0 Å². The number of carbonyl (C=O) groups is 2. The Labute approximate surface area is 136 Å². The van der Waals surface area contributed by atoms with Gasteiger partial charge in [-0.3, -0.25) is 9.69 Å². The topological polar surface area (TPSA) is 59.1 Å². The van der Waals surface area contributed by atoms with E-state index in [1.165, 1.54) is 7.11 Å². The van der Waals surface area contributed by atoms with Crippen molar-refractivity contribution in [2.75, 3.05) is 38.3 Å². The Kier molecular flexibility index (Phi) is 4.52. The lowest BCUT2D eigenvalue weighted by Gasteiger charge is -2.42. The SMILES string of the molecule is COC(=O)c1ccc(N2CCN([C@H]3CCOC3=O)[C@H](C)C2)cc1. The molecule has 2 heterocycles. The monoisotopic (exact) mass is 318 g/mol. The molecule has 2 atom stereocenters. The lowest BCUT2D eigenvalue weighted by Crippen LogP contribution is -2.56. The van der Waals surface area contributed by atoms with Crippen LogP contribution in [0.3, 0.4) is 0 Å². The van der Waals surface area contributed by atoms with Crippen LogP contribution >= 0.6 is 0 Å². The molecule has 6 heteroatoms. The van der Waals surface area contributed by atoms with Crippen LogP contribution in [0.15, 0.2) is 24.3 Å². The van der Waals surface area contributed by atoms with Gasteiger partial charge in [0.2, 0.25) is 0 Å². The van der Waals surface area contributed by atoms with Crippen LogP contribution < -0.4 is 4.90 Å². The second-order valence-corrected chi connectivity index (χ2v) is 6.04. The molecule has 1 aromatic carbocycles. The number of benzene rings is 1. The van der Waals surface area contributed by atoms with Gasteiger partial charge in [-0.05, 0) is 31.2 Å². The van der Waals surface area contributed by atoms with E-state index < -0.39 is 0 Å². The number of piperazine rings is 1. The second kappa shape index (κ2) is 6.58. The summed E-state index contributed by atoms with van der Waals surface area (Å²) in [6, 6.07) is 7.64. The van der Waals surface area contributed by atoms with Crippen LogP contribution in [0.1, 0.15) is 23.7 Å². The van der Waals surface area contributed by atoms with Crippen molar-refractivity contribution < 1.29 is 19.1 Å². The van der Waals surface area contributed by atoms with E-state index in [4.69, 9.17) is 9.47 Å². The third kappa shape index (κ3) is 3.17. The van der Waals surface area contributed by atoms with E-state index in [-0.39, 0.29) is 24.0 Å². The number of anilines is 1. The van der Waals surface area contributed by atoms with Crippen molar-refractivity contribution in [2.24, 2.45) is 0 Å². The summed E-state index contributed by atoms with van der Waals surface area (Å²) in [4.78, 5) is 27.8. The molecule has 0 N–H and O–H groups in total. The molecule has 0 aliphatic carbocycles.